The van der Waals surface area contributed by atoms with Crippen molar-refractivity contribution in [1.29, 1.82) is 0 Å². The molecule has 0 atom stereocenters. The molecule has 1 aliphatic heterocycles. The zero-order chi connectivity index (χ0) is 19.3. The lowest BCUT2D eigenvalue weighted by Gasteiger charge is -2.15. The van der Waals surface area contributed by atoms with E-state index in [0.29, 0.717) is 10.9 Å². The van der Waals surface area contributed by atoms with E-state index in [9.17, 15) is 4.79 Å². The fourth-order valence-corrected chi connectivity index (χ4v) is 4.14. The number of amides is 1. The Bertz CT molecular complexity index is 935. The van der Waals surface area contributed by atoms with Gasteiger partial charge in [0.2, 0.25) is 5.91 Å². The van der Waals surface area contributed by atoms with Crippen LogP contribution in [0.1, 0.15) is 12.8 Å². The Hall–Kier alpha value is -2.80. The third kappa shape index (κ3) is 3.89. The van der Waals surface area contributed by atoms with Gasteiger partial charge >= 0.3 is 0 Å². The first-order chi connectivity index (χ1) is 13.8. The van der Waals surface area contributed by atoms with Crippen molar-refractivity contribution in [2.24, 2.45) is 0 Å². The number of benzene rings is 2. The van der Waals surface area contributed by atoms with Gasteiger partial charge in [0.15, 0.2) is 11.0 Å². The number of methoxy groups -OCH3 is 1. The predicted octanol–water partition coefficient (Wildman–Crippen LogP) is 3.66. The van der Waals surface area contributed by atoms with Crippen molar-refractivity contribution in [2.45, 2.75) is 18.0 Å². The van der Waals surface area contributed by atoms with Gasteiger partial charge in [-0.3, -0.25) is 9.36 Å². The second-order valence-electron chi connectivity index (χ2n) is 6.58. The fourth-order valence-electron chi connectivity index (χ4n) is 3.28. The standard InChI is InChI=1S/C21H22N4O2S/c1-27-18-11-9-16(10-12-18)20-22-23-21(25(20)17-7-3-2-4-8-17)28-15-19(26)24-13-5-6-14-24/h2-4,7-12H,5-6,13-15H2,1H3. The smallest absolute Gasteiger partial charge is 0.233 e. The molecule has 1 fully saturated rings. The monoisotopic (exact) mass is 394 g/mol. The summed E-state index contributed by atoms with van der Waals surface area (Å²) in [5.74, 6) is 2.06. The molecule has 1 amide bonds. The summed E-state index contributed by atoms with van der Waals surface area (Å²) in [7, 11) is 1.65. The van der Waals surface area contributed by atoms with E-state index in [2.05, 4.69) is 10.2 Å². The minimum Gasteiger partial charge on any atom is -0.497 e. The normalized spacial score (nSPS) is 13.7. The summed E-state index contributed by atoms with van der Waals surface area (Å²) in [4.78, 5) is 14.4. The highest BCUT2D eigenvalue weighted by molar-refractivity contribution is 7.99. The van der Waals surface area contributed by atoms with Crippen LogP contribution in [0.5, 0.6) is 5.75 Å². The summed E-state index contributed by atoms with van der Waals surface area (Å²) in [6.45, 7) is 1.73. The van der Waals surface area contributed by atoms with Crippen molar-refractivity contribution in [3.05, 3.63) is 54.6 Å². The quantitative estimate of drug-likeness (QED) is 0.597. The van der Waals surface area contributed by atoms with Crippen molar-refractivity contribution in [3.8, 4) is 22.8 Å². The molecule has 1 aliphatic rings. The molecule has 1 saturated heterocycles. The Morgan fingerprint density at radius 1 is 1.04 bits per heavy atom. The summed E-state index contributed by atoms with van der Waals surface area (Å²) < 4.78 is 7.25. The zero-order valence-electron chi connectivity index (χ0n) is 15.7. The van der Waals surface area contributed by atoms with Crippen LogP contribution in [0.4, 0.5) is 0 Å². The number of para-hydroxylation sites is 1. The summed E-state index contributed by atoms with van der Waals surface area (Å²) in [5, 5.41) is 9.52. The van der Waals surface area contributed by atoms with E-state index >= 15 is 0 Å². The Kier molecular flexibility index (Phi) is 5.62. The predicted molar refractivity (Wildman–Crippen MR) is 110 cm³/mol. The third-order valence-corrected chi connectivity index (χ3v) is 5.69. The topological polar surface area (TPSA) is 60.3 Å². The molecule has 2 heterocycles. The Labute approximate surface area is 168 Å². The highest BCUT2D eigenvalue weighted by Crippen LogP contribution is 2.29. The highest BCUT2D eigenvalue weighted by atomic mass is 32.2. The molecule has 0 N–H and O–H groups in total. The van der Waals surface area contributed by atoms with Gasteiger partial charge in [-0.1, -0.05) is 30.0 Å². The van der Waals surface area contributed by atoms with Crippen molar-refractivity contribution in [1.82, 2.24) is 19.7 Å². The summed E-state index contributed by atoms with van der Waals surface area (Å²) >= 11 is 1.43. The molecular formula is C21H22N4O2S. The minimum absolute atomic E-state index is 0.163. The SMILES string of the molecule is COc1ccc(-c2nnc(SCC(=O)N3CCCC3)n2-c2ccccc2)cc1. The first kappa shape index (κ1) is 18.6. The van der Waals surface area contributed by atoms with Gasteiger partial charge in [0.1, 0.15) is 5.75 Å². The van der Waals surface area contributed by atoms with Crippen LogP contribution in [0.15, 0.2) is 59.8 Å². The molecule has 0 aliphatic carbocycles. The second kappa shape index (κ2) is 8.48. The molecule has 1 aromatic heterocycles. The average Bonchev–Trinajstić information content (AvgIpc) is 3.43. The number of nitrogens with zero attached hydrogens (tertiary/aromatic N) is 4. The Morgan fingerprint density at radius 2 is 1.75 bits per heavy atom. The van der Waals surface area contributed by atoms with Crippen LogP contribution >= 0.6 is 11.8 Å². The number of rotatable bonds is 6. The lowest BCUT2D eigenvalue weighted by Crippen LogP contribution is -2.29. The van der Waals surface area contributed by atoms with Gasteiger partial charge < -0.3 is 9.64 Å². The first-order valence-electron chi connectivity index (χ1n) is 9.32. The van der Waals surface area contributed by atoms with Crippen LogP contribution < -0.4 is 4.74 Å². The van der Waals surface area contributed by atoms with E-state index in [-0.39, 0.29) is 5.91 Å². The number of likely N-dealkylation sites (tertiary alicyclic amines) is 1. The number of thioether (sulfide) groups is 1. The van der Waals surface area contributed by atoms with Gasteiger partial charge in [0.25, 0.3) is 0 Å². The number of carbonyl (C=O) groups excluding carboxylic acids is 1. The maximum Gasteiger partial charge on any atom is 0.233 e. The average molecular weight is 395 g/mol. The third-order valence-electron chi connectivity index (χ3n) is 4.78. The van der Waals surface area contributed by atoms with Gasteiger partial charge in [-0.15, -0.1) is 10.2 Å². The zero-order valence-corrected chi connectivity index (χ0v) is 16.6. The second-order valence-corrected chi connectivity index (χ2v) is 7.52. The molecule has 0 unspecified atom stereocenters. The van der Waals surface area contributed by atoms with Gasteiger partial charge in [-0.25, -0.2) is 0 Å². The number of ether oxygens (including phenoxy) is 1. The number of carbonyl (C=O) groups is 1. The van der Waals surface area contributed by atoms with E-state index in [1.165, 1.54) is 11.8 Å². The fraction of sp³-hybridized carbons (Fsp3) is 0.286. The first-order valence-corrected chi connectivity index (χ1v) is 10.3. The molecule has 7 heteroatoms. The minimum atomic E-state index is 0.163. The van der Waals surface area contributed by atoms with Crippen LogP contribution in [0.25, 0.3) is 17.1 Å². The molecule has 0 bridgehead atoms. The molecule has 2 aromatic carbocycles. The van der Waals surface area contributed by atoms with Gasteiger partial charge in [0, 0.05) is 24.3 Å². The Balaban J connectivity index is 1.64. The molecule has 3 aromatic rings. The number of aromatic nitrogens is 3. The van der Waals surface area contributed by atoms with E-state index in [0.717, 1.165) is 48.8 Å². The molecular weight excluding hydrogens is 372 g/mol. The van der Waals surface area contributed by atoms with Crippen LogP contribution in [-0.2, 0) is 4.79 Å². The molecule has 28 heavy (non-hydrogen) atoms. The number of hydrogen-bond acceptors (Lipinski definition) is 5. The molecule has 144 valence electrons. The lowest BCUT2D eigenvalue weighted by atomic mass is 10.2. The van der Waals surface area contributed by atoms with Crippen molar-refractivity contribution >= 4 is 17.7 Å². The van der Waals surface area contributed by atoms with Crippen LogP contribution in [0, 0.1) is 0 Å². The van der Waals surface area contributed by atoms with Crippen LogP contribution in [-0.4, -0.2) is 51.5 Å². The van der Waals surface area contributed by atoms with Gasteiger partial charge in [0.05, 0.1) is 12.9 Å². The number of hydrogen-bond donors (Lipinski definition) is 0. The summed E-state index contributed by atoms with van der Waals surface area (Å²) in [6.07, 6.45) is 2.19. The lowest BCUT2D eigenvalue weighted by molar-refractivity contribution is -0.127. The van der Waals surface area contributed by atoms with Crippen LogP contribution in [0.3, 0.4) is 0 Å². The summed E-state index contributed by atoms with van der Waals surface area (Å²) in [6, 6.07) is 17.7. The Morgan fingerprint density at radius 3 is 2.43 bits per heavy atom. The molecule has 6 nitrogen and oxygen atoms in total. The van der Waals surface area contributed by atoms with Crippen LogP contribution in [0.2, 0.25) is 0 Å². The van der Waals surface area contributed by atoms with Crippen molar-refractivity contribution < 1.29 is 9.53 Å². The summed E-state index contributed by atoms with van der Waals surface area (Å²) in [5.41, 5.74) is 1.91. The largest absolute Gasteiger partial charge is 0.497 e. The molecule has 4 rings (SSSR count). The molecule has 0 spiro atoms. The van der Waals surface area contributed by atoms with Gasteiger partial charge in [-0.2, -0.15) is 0 Å². The van der Waals surface area contributed by atoms with E-state index in [1.54, 1.807) is 7.11 Å². The van der Waals surface area contributed by atoms with E-state index in [4.69, 9.17) is 4.74 Å². The molecule has 0 radical (unpaired) electrons. The van der Waals surface area contributed by atoms with E-state index < -0.39 is 0 Å². The van der Waals surface area contributed by atoms with E-state index in [1.807, 2.05) is 64.1 Å². The maximum absolute atomic E-state index is 12.4. The van der Waals surface area contributed by atoms with Gasteiger partial charge in [-0.05, 0) is 49.2 Å². The van der Waals surface area contributed by atoms with Crippen molar-refractivity contribution in [2.75, 3.05) is 26.0 Å². The van der Waals surface area contributed by atoms with Crippen molar-refractivity contribution in [3.63, 3.8) is 0 Å². The molecule has 0 saturated carbocycles. The maximum atomic E-state index is 12.4. The highest BCUT2D eigenvalue weighted by Gasteiger charge is 2.21.